The Bertz CT molecular complexity index is 1150. The van der Waals surface area contributed by atoms with Gasteiger partial charge in [-0.25, -0.2) is 9.18 Å². The van der Waals surface area contributed by atoms with Crippen molar-refractivity contribution in [3.63, 3.8) is 0 Å². The van der Waals surface area contributed by atoms with E-state index in [4.69, 9.17) is 4.74 Å². The van der Waals surface area contributed by atoms with Crippen LogP contribution in [0.25, 0.3) is 0 Å². The molecule has 1 aliphatic rings. The molecule has 0 aliphatic carbocycles. The van der Waals surface area contributed by atoms with Gasteiger partial charge in [-0.1, -0.05) is 24.6 Å². The highest BCUT2D eigenvalue weighted by Crippen LogP contribution is 2.34. The fraction of sp³-hybridized carbons (Fsp3) is 0.333. The lowest BCUT2D eigenvalue weighted by atomic mass is 10.0. The second-order valence-electron chi connectivity index (χ2n) is 8.63. The van der Waals surface area contributed by atoms with Crippen molar-refractivity contribution >= 4 is 29.0 Å². The van der Waals surface area contributed by atoms with Crippen LogP contribution in [0.15, 0.2) is 60.0 Å². The molecule has 3 amide bonds. The van der Waals surface area contributed by atoms with E-state index < -0.39 is 0 Å². The molecule has 0 fully saturated rings. The van der Waals surface area contributed by atoms with Gasteiger partial charge < -0.3 is 19.9 Å². The van der Waals surface area contributed by atoms with Crippen molar-refractivity contribution in [2.75, 3.05) is 31.6 Å². The van der Waals surface area contributed by atoms with Crippen molar-refractivity contribution in [3.05, 3.63) is 81.8 Å². The van der Waals surface area contributed by atoms with Gasteiger partial charge in [0.05, 0.1) is 6.04 Å². The number of ether oxygens (including phenoxy) is 1. The molecule has 35 heavy (non-hydrogen) atoms. The van der Waals surface area contributed by atoms with Gasteiger partial charge in [0.1, 0.15) is 24.7 Å². The Balaban J connectivity index is 1.46. The molecule has 1 N–H and O–H groups in total. The summed E-state index contributed by atoms with van der Waals surface area (Å²) < 4.78 is 19.2. The van der Waals surface area contributed by atoms with Gasteiger partial charge in [-0.05, 0) is 73.2 Å². The summed E-state index contributed by atoms with van der Waals surface area (Å²) in [4.78, 5) is 31.1. The highest BCUT2D eigenvalue weighted by molar-refractivity contribution is 7.10. The molecule has 3 aromatic rings. The Kier molecular flexibility index (Phi) is 8.02. The predicted molar refractivity (Wildman–Crippen MR) is 136 cm³/mol. The maximum absolute atomic E-state index is 13.5. The average Bonchev–Trinajstić information content (AvgIpc) is 3.34. The summed E-state index contributed by atoms with van der Waals surface area (Å²) in [7, 11) is 0. The van der Waals surface area contributed by atoms with E-state index in [9.17, 15) is 14.0 Å². The molecule has 1 aliphatic heterocycles. The number of hydrogen-bond donors (Lipinski definition) is 1. The van der Waals surface area contributed by atoms with Gasteiger partial charge in [-0.15, -0.1) is 11.3 Å². The summed E-state index contributed by atoms with van der Waals surface area (Å²) in [6.07, 6.45) is 1.51. The Hall–Kier alpha value is -3.39. The van der Waals surface area contributed by atoms with E-state index in [1.165, 1.54) is 17.0 Å². The molecule has 0 unspecified atom stereocenters. The van der Waals surface area contributed by atoms with Crippen molar-refractivity contribution in [1.82, 2.24) is 9.80 Å². The molecule has 0 spiro atoms. The van der Waals surface area contributed by atoms with E-state index in [-0.39, 0.29) is 36.9 Å². The third kappa shape index (κ3) is 6.19. The van der Waals surface area contributed by atoms with Crippen LogP contribution in [0.1, 0.15) is 35.4 Å². The van der Waals surface area contributed by atoms with Crippen LogP contribution < -0.4 is 10.1 Å². The number of amides is 3. The normalized spacial score (nSPS) is 14.8. The predicted octanol–water partition coefficient (Wildman–Crippen LogP) is 5.64. The zero-order valence-corrected chi connectivity index (χ0v) is 20.8. The van der Waals surface area contributed by atoms with Gasteiger partial charge in [0.15, 0.2) is 0 Å². The number of carbonyl (C=O) groups excluding carboxylic acids is 2. The molecule has 2 aromatic carbocycles. The lowest BCUT2D eigenvalue weighted by Gasteiger charge is -2.37. The molecule has 1 aromatic heterocycles. The van der Waals surface area contributed by atoms with Crippen LogP contribution in [0.2, 0.25) is 0 Å². The first-order valence-electron chi connectivity index (χ1n) is 11.8. The first-order chi connectivity index (χ1) is 16.9. The van der Waals surface area contributed by atoms with Gasteiger partial charge in [-0.2, -0.15) is 0 Å². The monoisotopic (exact) mass is 495 g/mol. The maximum atomic E-state index is 13.5. The third-order valence-corrected chi connectivity index (χ3v) is 7.04. The minimum absolute atomic E-state index is 0.0158. The third-order valence-electron chi connectivity index (χ3n) is 6.05. The summed E-state index contributed by atoms with van der Waals surface area (Å²) in [5, 5.41) is 4.93. The topological polar surface area (TPSA) is 61.9 Å². The number of nitrogens with one attached hydrogen (secondary N) is 1. The summed E-state index contributed by atoms with van der Waals surface area (Å²) in [6, 6.07) is 14.9. The molecular formula is C27H30FN3O3S. The van der Waals surface area contributed by atoms with Crippen molar-refractivity contribution in [3.8, 4) is 5.75 Å². The van der Waals surface area contributed by atoms with E-state index in [2.05, 4.69) is 5.32 Å². The number of halogens is 1. The molecule has 8 heteroatoms. The Morgan fingerprint density at radius 1 is 1.14 bits per heavy atom. The minimum Gasteiger partial charge on any atom is -0.491 e. The van der Waals surface area contributed by atoms with Gasteiger partial charge in [-0.3, -0.25) is 4.79 Å². The van der Waals surface area contributed by atoms with Crippen LogP contribution in [0.4, 0.5) is 14.9 Å². The SMILES string of the molecule is CCCN(CC(=O)N1CCc2sccc2[C@@H]1COc1ccc(F)cc1)C(=O)Nc1ccc(C)cc1. The highest BCUT2D eigenvalue weighted by atomic mass is 32.1. The fourth-order valence-corrected chi connectivity index (χ4v) is 5.12. The Morgan fingerprint density at radius 2 is 1.89 bits per heavy atom. The smallest absolute Gasteiger partial charge is 0.322 e. The van der Waals surface area contributed by atoms with E-state index >= 15 is 0 Å². The van der Waals surface area contributed by atoms with Gasteiger partial charge in [0.2, 0.25) is 5.91 Å². The largest absolute Gasteiger partial charge is 0.491 e. The number of fused-ring (bicyclic) bond motifs is 1. The molecule has 0 bridgehead atoms. The second-order valence-corrected chi connectivity index (χ2v) is 9.64. The number of benzene rings is 2. The fourth-order valence-electron chi connectivity index (χ4n) is 4.20. The maximum Gasteiger partial charge on any atom is 0.322 e. The van der Waals surface area contributed by atoms with Crippen LogP contribution in [-0.4, -0.2) is 48.0 Å². The first kappa shape index (κ1) is 24.7. The number of carbonyl (C=O) groups is 2. The summed E-state index contributed by atoms with van der Waals surface area (Å²) in [5.41, 5.74) is 2.87. The highest BCUT2D eigenvalue weighted by Gasteiger charge is 2.33. The second kappa shape index (κ2) is 11.4. The van der Waals surface area contributed by atoms with E-state index in [1.54, 1.807) is 33.3 Å². The van der Waals surface area contributed by atoms with E-state index in [1.807, 2.05) is 49.6 Å². The quantitative estimate of drug-likeness (QED) is 0.440. The summed E-state index contributed by atoms with van der Waals surface area (Å²) >= 11 is 1.68. The number of nitrogens with zero attached hydrogens (tertiary/aromatic N) is 2. The number of aryl methyl sites for hydroxylation is 1. The first-order valence-corrected chi connectivity index (χ1v) is 12.7. The van der Waals surface area contributed by atoms with Gasteiger partial charge in [0.25, 0.3) is 0 Å². The molecule has 2 heterocycles. The number of urea groups is 1. The lowest BCUT2D eigenvalue weighted by molar-refractivity contribution is -0.135. The van der Waals surface area contributed by atoms with E-state index in [0.29, 0.717) is 24.5 Å². The average molecular weight is 496 g/mol. The molecule has 0 saturated heterocycles. The molecule has 0 radical (unpaired) electrons. The lowest BCUT2D eigenvalue weighted by Crippen LogP contribution is -2.48. The van der Waals surface area contributed by atoms with Crippen LogP contribution in [0.5, 0.6) is 5.75 Å². The van der Waals surface area contributed by atoms with Gasteiger partial charge in [0, 0.05) is 23.7 Å². The molecule has 4 rings (SSSR count). The number of anilines is 1. The Labute approximate surface area is 209 Å². The number of thiophene rings is 1. The zero-order valence-electron chi connectivity index (χ0n) is 20.0. The van der Waals surface area contributed by atoms with Crippen molar-refractivity contribution in [2.45, 2.75) is 32.7 Å². The molecule has 184 valence electrons. The Morgan fingerprint density at radius 3 is 2.60 bits per heavy atom. The molecule has 0 saturated carbocycles. The molecular weight excluding hydrogens is 465 g/mol. The number of hydrogen-bond acceptors (Lipinski definition) is 4. The van der Waals surface area contributed by atoms with Crippen molar-refractivity contribution in [1.29, 1.82) is 0 Å². The molecule has 1 atom stereocenters. The van der Waals surface area contributed by atoms with Crippen LogP contribution >= 0.6 is 11.3 Å². The van der Waals surface area contributed by atoms with Gasteiger partial charge >= 0.3 is 6.03 Å². The summed E-state index contributed by atoms with van der Waals surface area (Å²) in [6.45, 7) is 5.24. The van der Waals surface area contributed by atoms with Crippen LogP contribution in [-0.2, 0) is 11.2 Å². The zero-order chi connectivity index (χ0) is 24.8. The number of rotatable bonds is 8. The van der Waals surface area contributed by atoms with E-state index in [0.717, 1.165) is 24.0 Å². The molecule has 6 nitrogen and oxygen atoms in total. The summed E-state index contributed by atoms with van der Waals surface area (Å²) in [5.74, 6) is 0.0974. The van der Waals surface area contributed by atoms with Crippen molar-refractivity contribution < 1.29 is 18.7 Å². The minimum atomic E-state index is -0.327. The standard InChI is InChI=1S/C27H30FN3O3S/c1-3-14-30(27(33)29-21-8-4-19(2)5-9-21)17-26(32)31-15-12-25-23(13-16-35-25)24(31)18-34-22-10-6-20(28)7-11-22/h4-11,13,16,24H,3,12,14-15,17-18H2,1-2H3,(H,29,33)/t24-/m0/s1. The van der Waals surface area contributed by atoms with Crippen LogP contribution in [0.3, 0.4) is 0 Å². The van der Waals surface area contributed by atoms with Crippen molar-refractivity contribution in [2.24, 2.45) is 0 Å². The van der Waals surface area contributed by atoms with Crippen LogP contribution in [0, 0.1) is 12.7 Å².